The smallest absolute Gasteiger partial charge is 0.255 e. The van der Waals surface area contributed by atoms with E-state index < -0.39 is 0 Å². The van der Waals surface area contributed by atoms with Gasteiger partial charge < -0.3 is 15.5 Å². The van der Waals surface area contributed by atoms with Gasteiger partial charge >= 0.3 is 0 Å². The van der Waals surface area contributed by atoms with Crippen molar-refractivity contribution in [1.82, 2.24) is 4.90 Å². The Morgan fingerprint density at radius 2 is 1.95 bits per heavy atom. The molecule has 2 rings (SSSR count). The van der Waals surface area contributed by atoms with Gasteiger partial charge in [-0.1, -0.05) is 0 Å². The monoisotopic (exact) mass is 261 g/mol. The maximum absolute atomic E-state index is 12.2. The lowest BCUT2D eigenvalue weighted by molar-refractivity contribution is 0.0828. The Morgan fingerprint density at radius 3 is 2.47 bits per heavy atom. The molecule has 1 aromatic carbocycles. The molecule has 1 saturated carbocycles. The number of hydrogen-bond acceptors (Lipinski definition) is 3. The number of nitrogens with two attached hydrogens (primary N) is 1. The summed E-state index contributed by atoms with van der Waals surface area (Å²) in [6, 6.07) is 5.95. The van der Waals surface area contributed by atoms with Crippen LogP contribution in [-0.2, 0) is 0 Å². The molecule has 1 aliphatic rings. The number of carbonyl (C=O) groups excluding carboxylic acids is 1. The van der Waals surface area contributed by atoms with Gasteiger partial charge in [0.25, 0.3) is 5.91 Å². The molecule has 1 unspecified atom stereocenters. The summed E-state index contributed by atoms with van der Waals surface area (Å²) in [5, 5.41) is 0. The molecule has 19 heavy (non-hydrogen) atoms. The predicted octanol–water partition coefficient (Wildman–Crippen LogP) is 2.21. The summed E-state index contributed by atoms with van der Waals surface area (Å²) in [7, 11) is 5.59. The number of benzene rings is 1. The van der Waals surface area contributed by atoms with Gasteiger partial charge in [0.05, 0.1) is 11.3 Å². The molecule has 0 bridgehead atoms. The quantitative estimate of drug-likeness (QED) is 0.845. The average molecular weight is 261 g/mol. The molecule has 1 amide bonds. The highest BCUT2D eigenvalue weighted by Gasteiger charge is 2.32. The van der Waals surface area contributed by atoms with E-state index in [9.17, 15) is 4.79 Å². The van der Waals surface area contributed by atoms with Crippen molar-refractivity contribution in [3.63, 3.8) is 0 Å². The van der Waals surface area contributed by atoms with Crippen molar-refractivity contribution in [3.8, 4) is 0 Å². The Kier molecular flexibility index (Phi) is 3.69. The predicted molar refractivity (Wildman–Crippen MR) is 79.5 cm³/mol. The molecule has 0 heterocycles. The van der Waals surface area contributed by atoms with Gasteiger partial charge in [0.15, 0.2) is 0 Å². The minimum atomic E-state index is 0.0184. The largest absolute Gasteiger partial charge is 0.399 e. The molecule has 0 aliphatic heterocycles. The van der Waals surface area contributed by atoms with Gasteiger partial charge in [0, 0.05) is 32.9 Å². The molecule has 0 saturated heterocycles. The van der Waals surface area contributed by atoms with E-state index in [4.69, 9.17) is 5.73 Å². The highest BCUT2D eigenvalue weighted by Crippen LogP contribution is 2.37. The van der Waals surface area contributed by atoms with Crippen LogP contribution in [0.2, 0.25) is 0 Å². The van der Waals surface area contributed by atoms with Gasteiger partial charge in [0.1, 0.15) is 0 Å². The van der Waals surface area contributed by atoms with E-state index in [1.807, 2.05) is 19.2 Å². The van der Waals surface area contributed by atoms with Crippen LogP contribution in [-0.4, -0.2) is 38.0 Å². The number of anilines is 2. The zero-order valence-electron chi connectivity index (χ0n) is 12.2. The summed E-state index contributed by atoms with van der Waals surface area (Å²) in [6.07, 6.45) is 2.57. The van der Waals surface area contributed by atoms with Crippen LogP contribution >= 0.6 is 0 Å². The minimum absolute atomic E-state index is 0.0184. The summed E-state index contributed by atoms with van der Waals surface area (Å²) in [5.74, 6) is 0.763. The average Bonchev–Trinajstić information content (AvgIpc) is 3.20. The molecule has 4 heteroatoms. The van der Waals surface area contributed by atoms with E-state index in [0.717, 1.165) is 11.6 Å². The summed E-state index contributed by atoms with van der Waals surface area (Å²) >= 11 is 0. The molecule has 0 aromatic heterocycles. The van der Waals surface area contributed by atoms with E-state index in [1.54, 1.807) is 25.1 Å². The Hall–Kier alpha value is -1.71. The van der Waals surface area contributed by atoms with Crippen LogP contribution < -0.4 is 10.6 Å². The van der Waals surface area contributed by atoms with E-state index >= 15 is 0 Å². The first-order valence-corrected chi connectivity index (χ1v) is 6.76. The third-order valence-electron chi connectivity index (χ3n) is 3.95. The van der Waals surface area contributed by atoms with Gasteiger partial charge in [-0.3, -0.25) is 4.79 Å². The third-order valence-corrected chi connectivity index (χ3v) is 3.95. The van der Waals surface area contributed by atoms with Crippen LogP contribution in [0.5, 0.6) is 0 Å². The molecule has 1 atom stereocenters. The second-order valence-electron chi connectivity index (χ2n) is 5.67. The number of carbonyl (C=O) groups is 1. The minimum Gasteiger partial charge on any atom is -0.399 e. The summed E-state index contributed by atoms with van der Waals surface area (Å²) in [5.41, 5.74) is 8.22. The zero-order valence-corrected chi connectivity index (χ0v) is 12.2. The first kappa shape index (κ1) is 13.7. The van der Waals surface area contributed by atoms with Crippen LogP contribution in [0.3, 0.4) is 0 Å². The summed E-state index contributed by atoms with van der Waals surface area (Å²) in [6.45, 7) is 2.21. The lowest BCUT2D eigenvalue weighted by atomic mass is 10.1. The van der Waals surface area contributed by atoms with Crippen molar-refractivity contribution >= 4 is 17.3 Å². The number of nitrogens with zero attached hydrogens (tertiary/aromatic N) is 2. The maximum atomic E-state index is 12.2. The molecule has 4 nitrogen and oxygen atoms in total. The van der Waals surface area contributed by atoms with Crippen molar-refractivity contribution in [2.45, 2.75) is 25.8 Å². The number of hydrogen-bond donors (Lipinski definition) is 1. The fourth-order valence-corrected chi connectivity index (χ4v) is 2.38. The van der Waals surface area contributed by atoms with E-state index in [0.29, 0.717) is 17.3 Å². The standard InChI is InChI=1S/C15H23N3O/c1-10(11-5-6-11)18(4)14-9-12(16)7-8-13(14)15(19)17(2)3/h7-11H,5-6,16H2,1-4H3. The van der Waals surface area contributed by atoms with E-state index in [2.05, 4.69) is 11.8 Å². The normalized spacial score (nSPS) is 16.0. The van der Waals surface area contributed by atoms with Gasteiger partial charge in [0.2, 0.25) is 0 Å². The van der Waals surface area contributed by atoms with Crippen molar-refractivity contribution in [1.29, 1.82) is 0 Å². The highest BCUT2D eigenvalue weighted by molar-refractivity contribution is 6.00. The Morgan fingerprint density at radius 1 is 1.32 bits per heavy atom. The van der Waals surface area contributed by atoms with Gasteiger partial charge in [-0.15, -0.1) is 0 Å². The Bertz CT molecular complexity index is 480. The highest BCUT2D eigenvalue weighted by atomic mass is 16.2. The molecule has 1 fully saturated rings. The first-order valence-electron chi connectivity index (χ1n) is 6.76. The van der Waals surface area contributed by atoms with Gasteiger partial charge in [-0.2, -0.15) is 0 Å². The van der Waals surface area contributed by atoms with Crippen LogP contribution in [0, 0.1) is 5.92 Å². The van der Waals surface area contributed by atoms with Crippen molar-refractivity contribution in [2.24, 2.45) is 5.92 Å². The van der Waals surface area contributed by atoms with Crippen LogP contribution in [0.1, 0.15) is 30.1 Å². The Labute approximate surface area is 115 Å². The molecule has 2 N–H and O–H groups in total. The van der Waals surface area contributed by atoms with Crippen molar-refractivity contribution in [2.75, 3.05) is 31.8 Å². The molecular weight excluding hydrogens is 238 g/mol. The lowest BCUT2D eigenvalue weighted by Gasteiger charge is -2.29. The van der Waals surface area contributed by atoms with Crippen molar-refractivity contribution in [3.05, 3.63) is 23.8 Å². The van der Waals surface area contributed by atoms with E-state index in [1.165, 1.54) is 12.8 Å². The topological polar surface area (TPSA) is 49.6 Å². The second-order valence-corrected chi connectivity index (χ2v) is 5.67. The molecule has 0 radical (unpaired) electrons. The van der Waals surface area contributed by atoms with Gasteiger partial charge in [-0.25, -0.2) is 0 Å². The third kappa shape index (κ3) is 2.83. The van der Waals surface area contributed by atoms with Crippen LogP contribution in [0.15, 0.2) is 18.2 Å². The van der Waals surface area contributed by atoms with Crippen molar-refractivity contribution < 1.29 is 4.79 Å². The summed E-state index contributed by atoms with van der Waals surface area (Å²) < 4.78 is 0. The number of amides is 1. The lowest BCUT2D eigenvalue weighted by Crippen LogP contribution is -2.33. The molecular formula is C15H23N3O. The molecule has 0 spiro atoms. The van der Waals surface area contributed by atoms with Gasteiger partial charge in [-0.05, 0) is 43.9 Å². The molecule has 1 aromatic rings. The number of rotatable bonds is 4. The zero-order chi connectivity index (χ0) is 14.2. The fourth-order valence-electron chi connectivity index (χ4n) is 2.38. The maximum Gasteiger partial charge on any atom is 0.255 e. The Balaban J connectivity index is 2.36. The van der Waals surface area contributed by atoms with Crippen LogP contribution in [0.25, 0.3) is 0 Å². The fraction of sp³-hybridized carbons (Fsp3) is 0.533. The SMILES string of the molecule is CC(C1CC1)N(C)c1cc(N)ccc1C(=O)N(C)C. The van der Waals surface area contributed by atoms with Crippen LogP contribution in [0.4, 0.5) is 11.4 Å². The summed E-state index contributed by atoms with van der Waals surface area (Å²) in [4.78, 5) is 16.0. The van der Waals surface area contributed by atoms with E-state index in [-0.39, 0.29) is 5.91 Å². The first-order chi connectivity index (χ1) is 8.91. The number of nitrogen functional groups attached to an aromatic ring is 1. The molecule has 104 valence electrons. The molecule has 1 aliphatic carbocycles. The second kappa shape index (κ2) is 5.11.